The van der Waals surface area contributed by atoms with Crippen LogP contribution < -0.4 is 9.64 Å². The zero-order valence-corrected chi connectivity index (χ0v) is 14.9. The van der Waals surface area contributed by atoms with Crippen LogP contribution in [0.25, 0.3) is 0 Å². The molecule has 1 heterocycles. The molecule has 5 nitrogen and oxygen atoms in total. The number of para-hydroxylation sites is 2. The Morgan fingerprint density at radius 2 is 1.52 bits per heavy atom. The maximum absolute atomic E-state index is 12.8. The molecular formula is C22H19NO4. The smallest absolute Gasteiger partial charge is 0.343 e. The number of imide groups is 1. The fourth-order valence-electron chi connectivity index (χ4n) is 3.72. The van der Waals surface area contributed by atoms with Crippen LogP contribution in [0.15, 0.2) is 60.7 Å². The van der Waals surface area contributed by atoms with Crippen molar-refractivity contribution in [1.29, 1.82) is 0 Å². The Bertz CT molecular complexity index is 936. The largest absolute Gasteiger partial charge is 0.421 e. The molecule has 2 aromatic rings. The number of nitrogens with zero attached hydrogens (tertiary/aromatic N) is 1. The maximum atomic E-state index is 12.8. The van der Waals surface area contributed by atoms with Crippen LogP contribution in [0, 0.1) is 18.8 Å². The van der Waals surface area contributed by atoms with Crippen molar-refractivity contribution < 1.29 is 19.1 Å². The predicted molar refractivity (Wildman–Crippen MR) is 100 cm³/mol. The van der Waals surface area contributed by atoms with E-state index in [4.69, 9.17) is 4.74 Å². The van der Waals surface area contributed by atoms with E-state index in [2.05, 4.69) is 0 Å². The minimum Gasteiger partial charge on any atom is -0.421 e. The van der Waals surface area contributed by atoms with Crippen LogP contribution in [-0.2, 0) is 9.59 Å². The molecule has 1 aliphatic heterocycles. The van der Waals surface area contributed by atoms with E-state index in [1.165, 1.54) is 4.90 Å². The molecule has 0 spiro atoms. The van der Waals surface area contributed by atoms with Gasteiger partial charge in [0.15, 0.2) is 5.75 Å². The highest BCUT2D eigenvalue weighted by molar-refractivity contribution is 6.23. The van der Waals surface area contributed by atoms with E-state index >= 15 is 0 Å². The summed E-state index contributed by atoms with van der Waals surface area (Å²) in [5.74, 6) is -1.43. The van der Waals surface area contributed by atoms with Gasteiger partial charge in [0.2, 0.25) is 11.8 Å². The fourth-order valence-corrected chi connectivity index (χ4v) is 3.72. The lowest BCUT2D eigenvalue weighted by Gasteiger charge is -2.18. The third-order valence-corrected chi connectivity index (χ3v) is 5.18. The summed E-state index contributed by atoms with van der Waals surface area (Å²) in [5, 5.41) is 0. The van der Waals surface area contributed by atoms with E-state index in [1.54, 1.807) is 36.4 Å². The van der Waals surface area contributed by atoms with E-state index < -0.39 is 5.97 Å². The van der Waals surface area contributed by atoms with Crippen molar-refractivity contribution >= 4 is 23.5 Å². The summed E-state index contributed by atoms with van der Waals surface area (Å²) in [5.41, 5.74) is 1.57. The summed E-state index contributed by atoms with van der Waals surface area (Å²) >= 11 is 0. The van der Waals surface area contributed by atoms with Gasteiger partial charge in [-0.2, -0.15) is 0 Å². The van der Waals surface area contributed by atoms with E-state index in [0.717, 1.165) is 5.56 Å². The first-order valence-corrected chi connectivity index (χ1v) is 8.97. The summed E-state index contributed by atoms with van der Waals surface area (Å²) in [6.07, 6.45) is 5.02. The number of hydrogen-bond donors (Lipinski definition) is 0. The highest BCUT2D eigenvalue weighted by Crippen LogP contribution is 2.40. The van der Waals surface area contributed by atoms with Gasteiger partial charge in [0.1, 0.15) is 0 Å². The summed E-state index contributed by atoms with van der Waals surface area (Å²) < 4.78 is 5.57. The number of carbonyl (C=O) groups excluding carboxylic acids is 3. The average Bonchev–Trinajstić information content (AvgIpc) is 2.94. The zero-order chi connectivity index (χ0) is 19.0. The molecule has 0 N–H and O–H groups in total. The highest BCUT2D eigenvalue weighted by atomic mass is 16.5. The first-order chi connectivity index (χ1) is 13.1. The number of esters is 1. The van der Waals surface area contributed by atoms with Crippen LogP contribution in [-0.4, -0.2) is 17.8 Å². The molecule has 2 amide bonds. The monoisotopic (exact) mass is 361 g/mol. The van der Waals surface area contributed by atoms with Gasteiger partial charge in [-0.3, -0.25) is 9.59 Å². The Kier molecular flexibility index (Phi) is 4.36. The minimum absolute atomic E-state index is 0.207. The Balaban J connectivity index is 1.66. The molecule has 2 aromatic carbocycles. The molecule has 2 aliphatic rings. The lowest BCUT2D eigenvalue weighted by atomic mass is 9.85. The van der Waals surface area contributed by atoms with Gasteiger partial charge < -0.3 is 4.74 Å². The SMILES string of the molecule is Cc1ccccc1C(=O)Oc1ccccc1N1C(=O)[C@H]2CC=CC[C@@H]2C1=O. The van der Waals surface area contributed by atoms with Crippen molar-refractivity contribution in [3.63, 3.8) is 0 Å². The van der Waals surface area contributed by atoms with Gasteiger partial charge in [-0.1, -0.05) is 42.5 Å². The minimum atomic E-state index is -0.515. The van der Waals surface area contributed by atoms with Crippen LogP contribution in [0.1, 0.15) is 28.8 Å². The van der Waals surface area contributed by atoms with Gasteiger partial charge in [-0.15, -0.1) is 0 Å². The number of carbonyl (C=O) groups is 3. The van der Waals surface area contributed by atoms with Crippen molar-refractivity contribution in [2.75, 3.05) is 4.90 Å². The fraction of sp³-hybridized carbons (Fsp3) is 0.227. The summed E-state index contributed by atoms with van der Waals surface area (Å²) in [6, 6.07) is 13.8. The maximum Gasteiger partial charge on any atom is 0.343 e. The second kappa shape index (κ2) is 6.83. The van der Waals surface area contributed by atoms with Crippen LogP contribution in [0.2, 0.25) is 0 Å². The number of benzene rings is 2. The molecule has 1 fully saturated rings. The third-order valence-electron chi connectivity index (χ3n) is 5.18. The van der Waals surface area contributed by atoms with Crippen molar-refractivity contribution in [3.05, 3.63) is 71.8 Å². The first kappa shape index (κ1) is 17.2. The van der Waals surface area contributed by atoms with Gasteiger partial charge in [-0.25, -0.2) is 9.69 Å². The van der Waals surface area contributed by atoms with Gasteiger partial charge >= 0.3 is 5.97 Å². The van der Waals surface area contributed by atoms with Gasteiger partial charge in [0, 0.05) is 0 Å². The molecule has 1 saturated heterocycles. The number of aryl methyl sites for hydroxylation is 1. The Morgan fingerprint density at radius 1 is 0.926 bits per heavy atom. The standard InChI is InChI=1S/C22H19NO4/c1-14-8-2-3-9-15(14)22(26)27-19-13-7-6-12-18(19)23-20(24)16-10-4-5-11-17(16)21(23)25/h2-9,12-13,16-17H,10-11H2,1H3/t16-,17-/m0/s1. The summed E-state index contributed by atoms with van der Waals surface area (Å²) in [4.78, 5) is 39.5. The van der Waals surface area contributed by atoms with Crippen molar-refractivity contribution in [1.82, 2.24) is 0 Å². The van der Waals surface area contributed by atoms with Crippen molar-refractivity contribution in [3.8, 4) is 5.75 Å². The van der Waals surface area contributed by atoms with E-state index in [9.17, 15) is 14.4 Å². The number of rotatable bonds is 3. The number of allylic oxidation sites excluding steroid dienone is 2. The van der Waals surface area contributed by atoms with E-state index in [1.807, 2.05) is 31.2 Å². The van der Waals surface area contributed by atoms with Crippen molar-refractivity contribution in [2.45, 2.75) is 19.8 Å². The Morgan fingerprint density at radius 3 is 2.19 bits per heavy atom. The molecule has 0 bridgehead atoms. The van der Waals surface area contributed by atoms with Gasteiger partial charge in [0.25, 0.3) is 0 Å². The van der Waals surface area contributed by atoms with Crippen LogP contribution in [0.3, 0.4) is 0 Å². The first-order valence-electron chi connectivity index (χ1n) is 8.97. The number of anilines is 1. The van der Waals surface area contributed by atoms with Crippen LogP contribution >= 0.6 is 0 Å². The Labute approximate surface area is 157 Å². The quantitative estimate of drug-likeness (QED) is 0.362. The number of fused-ring (bicyclic) bond motifs is 1. The lowest BCUT2D eigenvalue weighted by Crippen LogP contribution is -2.31. The second-order valence-corrected chi connectivity index (χ2v) is 6.84. The summed E-state index contributed by atoms with van der Waals surface area (Å²) in [7, 11) is 0. The molecule has 2 atom stereocenters. The molecule has 0 radical (unpaired) electrons. The number of hydrogen-bond acceptors (Lipinski definition) is 4. The second-order valence-electron chi connectivity index (χ2n) is 6.84. The molecule has 27 heavy (non-hydrogen) atoms. The molecule has 136 valence electrons. The lowest BCUT2D eigenvalue weighted by molar-refractivity contribution is -0.122. The molecular weight excluding hydrogens is 342 g/mol. The van der Waals surface area contributed by atoms with Gasteiger partial charge in [0.05, 0.1) is 23.1 Å². The molecule has 0 saturated carbocycles. The van der Waals surface area contributed by atoms with E-state index in [-0.39, 0.29) is 29.4 Å². The Hall–Kier alpha value is -3.21. The topological polar surface area (TPSA) is 63.7 Å². The molecule has 5 heteroatoms. The van der Waals surface area contributed by atoms with Gasteiger partial charge in [-0.05, 0) is 43.5 Å². The van der Waals surface area contributed by atoms with Crippen LogP contribution in [0.5, 0.6) is 5.75 Å². The van der Waals surface area contributed by atoms with Crippen LogP contribution in [0.4, 0.5) is 5.69 Å². The summed E-state index contributed by atoms with van der Waals surface area (Å²) in [6.45, 7) is 1.83. The predicted octanol–water partition coefficient (Wildman–Crippen LogP) is 3.67. The average molecular weight is 361 g/mol. The zero-order valence-electron chi connectivity index (χ0n) is 14.9. The molecule has 1 aliphatic carbocycles. The number of ether oxygens (including phenoxy) is 1. The third kappa shape index (κ3) is 2.95. The molecule has 0 unspecified atom stereocenters. The van der Waals surface area contributed by atoms with E-state index in [0.29, 0.717) is 24.1 Å². The normalized spacial score (nSPS) is 21.3. The van der Waals surface area contributed by atoms with Crippen molar-refractivity contribution in [2.24, 2.45) is 11.8 Å². The molecule has 4 rings (SSSR count). The molecule has 0 aromatic heterocycles. The highest BCUT2D eigenvalue weighted by Gasteiger charge is 2.48. The number of amides is 2.